The molecule has 0 spiro atoms. The highest BCUT2D eigenvalue weighted by Crippen LogP contribution is 2.36. The van der Waals surface area contributed by atoms with Crippen LogP contribution in [0.15, 0.2) is 16.6 Å². The summed E-state index contributed by atoms with van der Waals surface area (Å²) in [4.78, 5) is 11.6. The molecule has 1 aromatic rings. The van der Waals surface area contributed by atoms with Gasteiger partial charge in [-0.1, -0.05) is 0 Å². The fourth-order valence-corrected chi connectivity index (χ4v) is 5.46. The summed E-state index contributed by atoms with van der Waals surface area (Å²) in [5.41, 5.74) is -0.183. The fourth-order valence-electron chi connectivity index (χ4n) is 1.72. The van der Waals surface area contributed by atoms with Gasteiger partial charge in [0, 0.05) is 10.5 Å². The van der Waals surface area contributed by atoms with E-state index in [0.717, 1.165) is 18.6 Å². The molecular weight excluding hydrogens is 402 g/mol. The lowest BCUT2D eigenvalue weighted by Gasteiger charge is -2.22. The van der Waals surface area contributed by atoms with Crippen LogP contribution in [-0.4, -0.2) is 49.5 Å². The number of carbonyl (C=O) groups is 1. The zero-order valence-corrected chi connectivity index (χ0v) is 15.4. The Morgan fingerprint density at radius 3 is 1.95 bits per heavy atom. The molecule has 0 fully saturated rings. The van der Waals surface area contributed by atoms with Crippen LogP contribution in [0.25, 0.3) is 0 Å². The molecule has 0 heterocycles. The minimum atomic E-state index is -4.12. The largest absolute Gasteiger partial charge is 0.496 e. The Balaban J connectivity index is 3.71. The smallest absolute Gasteiger partial charge is 0.341 e. The van der Waals surface area contributed by atoms with Crippen LogP contribution < -0.4 is 8.45 Å². The first-order chi connectivity index (χ1) is 9.93. The minimum Gasteiger partial charge on any atom is -0.496 e. The highest BCUT2D eigenvalue weighted by Gasteiger charge is 2.31. The van der Waals surface area contributed by atoms with E-state index in [1.54, 1.807) is 0 Å². The molecule has 0 bridgehead atoms. The van der Waals surface area contributed by atoms with E-state index in [1.165, 1.54) is 20.3 Å². The monoisotopic (exact) mass is 415 g/mol. The number of benzene rings is 1. The van der Waals surface area contributed by atoms with Gasteiger partial charge in [-0.15, -0.1) is 0 Å². The lowest BCUT2D eigenvalue weighted by Crippen LogP contribution is -2.35. The Kier molecular flexibility index (Phi) is 5.47. The summed E-state index contributed by atoms with van der Waals surface area (Å²) < 4.78 is 57.1. The second kappa shape index (κ2) is 6.42. The van der Waals surface area contributed by atoms with Crippen molar-refractivity contribution in [3.63, 3.8) is 0 Å². The highest BCUT2D eigenvalue weighted by molar-refractivity contribution is 9.10. The summed E-state index contributed by atoms with van der Waals surface area (Å²) in [6.07, 6.45) is 1.50. The van der Waals surface area contributed by atoms with Crippen molar-refractivity contribution in [2.45, 2.75) is 0 Å². The van der Waals surface area contributed by atoms with Crippen molar-refractivity contribution in [3.8, 4) is 5.75 Å². The van der Waals surface area contributed by atoms with Gasteiger partial charge < -0.3 is 9.47 Å². The molecule has 0 atom stereocenters. The summed E-state index contributed by atoms with van der Waals surface area (Å²) in [5, 5.41) is 0. The molecule has 0 aliphatic rings. The Bertz CT molecular complexity index is 770. The number of nitrogens with zero attached hydrogens (tertiary/aromatic N) is 1. The Morgan fingerprint density at radius 2 is 1.59 bits per heavy atom. The van der Waals surface area contributed by atoms with Gasteiger partial charge in [0.25, 0.3) is 0 Å². The highest BCUT2D eigenvalue weighted by atomic mass is 79.9. The quantitative estimate of drug-likeness (QED) is 0.659. The Morgan fingerprint density at radius 1 is 1.09 bits per heavy atom. The van der Waals surface area contributed by atoms with Crippen LogP contribution in [0.3, 0.4) is 0 Å². The third kappa shape index (κ3) is 3.90. The predicted octanol–water partition coefficient (Wildman–Crippen LogP) is 0.970. The van der Waals surface area contributed by atoms with E-state index in [1.807, 2.05) is 0 Å². The molecule has 0 amide bonds. The fraction of sp³-hybridized carbons (Fsp3) is 0.364. The molecule has 0 N–H and O–H groups in total. The maximum absolute atomic E-state index is 11.8. The van der Waals surface area contributed by atoms with Gasteiger partial charge in [-0.2, -0.15) is 3.71 Å². The number of sulfonamides is 2. The molecule has 0 aliphatic carbocycles. The van der Waals surface area contributed by atoms with Crippen LogP contribution in [0.5, 0.6) is 5.75 Å². The third-order valence-electron chi connectivity index (χ3n) is 2.47. The third-order valence-corrected chi connectivity index (χ3v) is 6.33. The van der Waals surface area contributed by atoms with E-state index >= 15 is 0 Å². The van der Waals surface area contributed by atoms with E-state index in [0.29, 0.717) is 0 Å². The van der Waals surface area contributed by atoms with Crippen LogP contribution >= 0.6 is 15.9 Å². The molecule has 8 nitrogen and oxygen atoms in total. The number of methoxy groups -OCH3 is 2. The first kappa shape index (κ1) is 18.7. The summed E-state index contributed by atoms with van der Waals surface area (Å²) in [6.45, 7) is 0. The number of hydrogen-bond donors (Lipinski definition) is 0. The SMILES string of the molecule is COC(=O)c1cc(Br)c(N(S(C)(=O)=O)S(C)(=O)=O)cc1OC. The van der Waals surface area contributed by atoms with Gasteiger partial charge in [-0.3, -0.25) is 0 Å². The van der Waals surface area contributed by atoms with Crippen LogP contribution in [0.2, 0.25) is 0 Å². The van der Waals surface area contributed by atoms with Gasteiger partial charge in [0.15, 0.2) is 0 Å². The normalized spacial score (nSPS) is 11.9. The topological polar surface area (TPSA) is 107 Å². The first-order valence-corrected chi connectivity index (χ1v) is 10.1. The lowest BCUT2D eigenvalue weighted by molar-refractivity contribution is 0.0597. The van der Waals surface area contributed by atoms with Crippen molar-refractivity contribution in [1.82, 2.24) is 0 Å². The average Bonchev–Trinajstić information content (AvgIpc) is 2.36. The summed E-state index contributed by atoms with van der Waals surface area (Å²) >= 11 is 3.06. The Hall–Kier alpha value is -1.33. The molecule has 0 saturated heterocycles. The molecule has 0 aromatic heterocycles. The molecule has 124 valence electrons. The summed E-state index contributed by atoms with van der Waals surface area (Å²) in [7, 11) is -5.81. The van der Waals surface area contributed by atoms with Gasteiger partial charge in [0.05, 0.1) is 32.4 Å². The molecule has 0 saturated carbocycles. The van der Waals surface area contributed by atoms with Crippen LogP contribution in [-0.2, 0) is 24.8 Å². The second-order valence-corrected chi connectivity index (χ2v) is 8.97. The first-order valence-electron chi connectivity index (χ1n) is 5.59. The second-order valence-electron chi connectivity index (χ2n) is 4.22. The van der Waals surface area contributed by atoms with E-state index in [9.17, 15) is 21.6 Å². The minimum absolute atomic E-state index is 0.0163. The molecule has 11 heteroatoms. The lowest BCUT2D eigenvalue weighted by atomic mass is 10.2. The number of ether oxygens (including phenoxy) is 2. The van der Waals surface area contributed by atoms with Crippen molar-refractivity contribution in [2.24, 2.45) is 0 Å². The van der Waals surface area contributed by atoms with Crippen LogP contribution in [0.1, 0.15) is 10.4 Å². The molecule has 0 aliphatic heterocycles. The van der Waals surface area contributed by atoms with Crippen molar-refractivity contribution in [1.29, 1.82) is 0 Å². The number of hydrogen-bond acceptors (Lipinski definition) is 7. The van der Waals surface area contributed by atoms with Crippen molar-refractivity contribution >= 4 is 47.6 Å². The number of rotatable bonds is 5. The van der Waals surface area contributed by atoms with Crippen molar-refractivity contribution in [3.05, 3.63) is 22.2 Å². The maximum atomic E-state index is 11.8. The summed E-state index contributed by atoms with van der Waals surface area (Å²) in [6, 6.07) is 2.35. The molecule has 1 aromatic carbocycles. The molecule has 0 radical (unpaired) electrons. The van der Waals surface area contributed by atoms with Crippen molar-refractivity contribution < 1.29 is 31.1 Å². The number of anilines is 1. The number of esters is 1. The molecule has 1 rings (SSSR count). The molecular formula is C11H14BrNO7S2. The van der Waals surface area contributed by atoms with Gasteiger partial charge in [0.1, 0.15) is 11.3 Å². The zero-order chi connectivity index (χ0) is 17.3. The van der Waals surface area contributed by atoms with E-state index in [2.05, 4.69) is 20.7 Å². The number of carbonyl (C=O) groups excluding carboxylic acids is 1. The Labute approximate surface area is 137 Å². The van der Waals surface area contributed by atoms with Crippen LogP contribution in [0.4, 0.5) is 5.69 Å². The molecule has 22 heavy (non-hydrogen) atoms. The van der Waals surface area contributed by atoms with E-state index < -0.39 is 26.0 Å². The van der Waals surface area contributed by atoms with E-state index in [4.69, 9.17) is 4.74 Å². The van der Waals surface area contributed by atoms with Gasteiger partial charge in [-0.25, -0.2) is 21.6 Å². The van der Waals surface area contributed by atoms with Crippen molar-refractivity contribution in [2.75, 3.05) is 30.4 Å². The number of halogens is 1. The predicted molar refractivity (Wildman–Crippen MR) is 84.2 cm³/mol. The van der Waals surface area contributed by atoms with Gasteiger partial charge >= 0.3 is 5.97 Å². The zero-order valence-electron chi connectivity index (χ0n) is 12.2. The van der Waals surface area contributed by atoms with E-state index in [-0.39, 0.29) is 25.2 Å². The van der Waals surface area contributed by atoms with Gasteiger partial charge in [0.2, 0.25) is 20.0 Å². The standard InChI is InChI=1S/C11H14BrNO7S2/c1-19-10-6-9(8(12)5-7(10)11(14)20-2)13(21(3,15)16)22(4,17)18/h5-6H,1-4H3. The molecule has 0 unspecified atom stereocenters. The maximum Gasteiger partial charge on any atom is 0.341 e. The average molecular weight is 416 g/mol. The summed E-state index contributed by atoms with van der Waals surface area (Å²) in [5.74, 6) is -0.739. The van der Waals surface area contributed by atoms with Crippen LogP contribution in [0, 0.1) is 0 Å². The van der Waals surface area contributed by atoms with Gasteiger partial charge in [-0.05, 0) is 22.0 Å².